The minimum atomic E-state index is 0.945. The summed E-state index contributed by atoms with van der Waals surface area (Å²) in [5, 5.41) is 5.38. The number of hydrogen-bond donors (Lipinski definition) is 1. The highest BCUT2D eigenvalue weighted by Crippen LogP contribution is 2.28. The molecule has 0 aromatic carbocycles. The largest absolute Gasteiger partial charge is 0.370 e. The first-order chi connectivity index (χ1) is 7.83. The zero-order chi connectivity index (χ0) is 11.4. The van der Waals surface area contributed by atoms with Gasteiger partial charge in [-0.05, 0) is 24.8 Å². The summed E-state index contributed by atoms with van der Waals surface area (Å²) in [6, 6.07) is 4.13. The molecule has 16 heavy (non-hydrogen) atoms. The Morgan fingerprint density at radius 3 is 2.94 bits per heavy atom. The summed E-state index contributed by atoms with van der Waals surface area (Å²) in [6.45, 7) is 5.15. The Labute approximate surface area is 99.6 Å². The molecule has 0 aliphatic carbocycles. The van der Waals surface area contributed by atoms with Crippen LogP contribution in [-0.4, -0.2) is 16.5 Å². The van der Waals surface area contributed by atoms with E-state index in [4.69, 9.17) is 0 Å². The Bertz CT molecular complexity index is 451. The topological polar surface area (TPSA) is 37.8 Å². The smallest absolute Gasteiger partial charge is 0.132 e. The van der Waals surface area contributed by atoms with Crippen LogP contribution in [0.5, 0.6) is 0 Å². The highest BCUT2D eigenvalue weighted by Gasteiger charge is 2.08. The summed E-state index contributed by atoms with van der Waals surface area (Å²) in [5.74, 6) is 0.945. The summed E-state index contributed by atoms with van der Waals surface area (Å²) in [5.41, 5.74) is 2.15. The molecule has 1 N–H and O–H groups in total. The van der Waals surface area contributed by atoms with Crippen molar-refractivity contribution < 1.29 is 0 Å². The molecule has 0 saturated heterocycles. The van der Waals surface area contributed by atoms with E-state index in [1.165, 1.54) is 4.88 Å². The third-order valence-electron chi connectivity index (χ3n) is 2.38. The van der Waals surface area contributed by atoms with E-state index in [1.807, 2.05) is 6.07 Å². The van der Waals surface area contributed by atoms with Gasteiger partial charge < -0.3 is 5.32 Å². The molecule has 0 spiro atoms. The van der Waals surface area contributed by atoms with Crippen molar-refractivity contribution in [3.8, 4) is 10.6 Å². The molecule has 84 valence electrons. The number of nitrogens with one attached hydrogen (secondary N) is 1. The molecule has 0 unspecified atom stereocenters. The summed E-state index contributed by atoms with van der Waals surface area (Å²) in [6.07, 6.45) is 2.72. The number of anilines is 1. The van der Waals surface area contributed by atoms with Gasteiger partial charge in [-0.2, -0.15) is 0 Å². The molecule has 0 amide bonds. The normalized spacial score (nSPS) is 10.4. The van der Waals surface area contributed by atoms with Crippen LogP contribution in [-0.2, 0) is 0 Å². The van der Waals surface area contributed by atoms with E-state index in [0.29, 0.717) is 0 Å². The van der Waals surface area contributed by atoms with Crippen LogP contribution in [0.3, 0.4) is 0 Å². The van der Waals surface area contributed by atoms with Crippen LogP contribution in [0.25, 0.3) is 10.6 Å². The molecule has 0 atom stereocenters. The number of hydrogen-bond acceptors (Lipinski definition) is 4. The summed E-state index contributed by atoms with van der Waals surface area (Å²) in [4.78, 5) is 9.81. The van der Waals surface area contributed by atoms with Gasteiger partial charge in [0.1, 0.15) is 12.1 Å². The van der Waals surface area contributed by atoms with Crippen molar-refractivity contribution in [2.45, 2.75) is 20.3 Å². The Hall–Kier alpha value is -1.42. The summed E-state index contributed by atoms with van der Waals surface area (Å²) in [7, 11) is 0. The molecule has 2 aromatic heterocycles. The van der Waals surface area contributed by atoms with Gasteiger partial charge >= 0.3 is 0 Å². The lowest BCUT2D eigenvalue weighted by molar-refractivity contribution is 0.960. The minimum absolute atomic E-state index is 0.945. The van der Waals surface area contributed by atoms with Crippen molar-refractivity contribution >= 4 is 17.2 Å². The Kier molecular flexibility index (Phi) is 3.51. The second-order valence-corrected chi connectivity index (χ2v) is 4.55. The fourth-order valence-electron chi connectivity index (χ4n) is 1.53. The average molecular weight is 233 g/mol. The number of aromatic nitrogens is 2. The van der Waals surface area contributed by atoms with Crippen LogP contribution in [0, 0.1) is 6.92 Å². The maximum absolute atomic E-state index is 4.35. The minimum Gasteiger partial charge on any atom is -0.370 e. The second-order valence-electron chi connectivity index (χ2n) is 3.60. The van der Waals surface area contributed by atoms with Crippen LogP contribution in [0.4, 0.5) is 5.82 Å². The molecule has 0 aliphatic heterocycles. The van der Waals surface area contributed by atoms with Gasteiger partial charge in [0.25, 0.3) is 0 Å². The van der Waals surface area contributed by atoms with Crippen LogP contribution < -0.4 is 5.32 Å². The maximum atomic E-state index is 4.35. The van der Waals surface area contributed by atoms with E-state index in [2.05, 4.69) is 40.6 Å². The Morgan fingerprint density at radius 1 is 1.38 bits per heavy atom. The predicted octanol–water partition coefficient (Wildman–Crippen LogP) is 3.34. The molecular formula is C12H15N3S. The van der Waals surface area contributed by atoms with Crippen molar-refractivity contribution in [2.75, 3.05) is 11.9 Å². The number of nitrogens with zero attached hydrogens (tertiary/aromatic N) is 2. The van der Waals surface area contributed by atoms with Gasteiger partial charge in [0.15, 0.2) is 0 Å². The predicted molar refractivity (Wildman–Crippen MR) is 68.9 cm³/mol. The highest BCUT2D eigenvalue weighted by atomic mass is 32.1. The third-order valence-corrected chi connectivity index (χ3v) is 3.26. The van der Waals surface area contributed by atoms with Crippen molar-refractivity contribution in [3.63, 3.8) is 0 Å². The molecule has 0 fully saturated rings. The lowest BCUT2D eigenvalue weighted by Gasteiger charge is -2.09. The molecule has 0 saturated carbocycles. The first-order valence-electron chi connectivity index (χ1n) is 5.42. The van der Waals surface area contributed by atoms with Gasteiger partial charge in [-0.3, -0.25) is 0 Å². The zero-order valence-corrected chi connectivity index (χ0v) is 10.3. The van der Waals surface area contributed by atoms with E-state index in [1.54, 1.807) is 17.7 Å². The van der Waals surface area contributed by atoms with Crippen molar-refractivity contribution in [2.24, 2.45) is 0 Å². The second kappa shape index (κ2) is 5.07. The molecule has 0 radical (unpaired) electrons. The average Bonchev–Trinajstić information content (AvgIpc) is 2.81. The standard InChI is InChI=1S/C12H15N3S/c1-3-6-13-12-9(2)11(14-8-15-12)10-5-4-7-16-10/h4-5,7-8H,3,6H2,1-2H3,(H,13,14,15). The first kappa shape index (κ1) is 11.1. The molecular weight excluding hydrogens is 218 g/mol. The van der Waals surface area contributed by atoms with E-state index in [0.717, 1.165) is 30.0 Å². The molecule has 0 aliphatic rings. The van der Waals surface area contributed by atoms with Crippen molar-refractivity contribution in [1.82, 2.24) is 9.97 Å². The van der Waals surface area contributed by atoms with Gasteiger partial charge in [-0.1, -0.05) is 13.0 Å². The zero-order valence-electron chi connectivity index (χ0n) is 9.53. The third kappa shape index (κ3) is 2.22. The SMILES string of the molecule is CCCNc1ncnc(-c2cccs2)c1C. The molecule has 2 heterocycles. The maximum Gasteiger partial charge on any atom is 0.132 e. The fourth-order valence-corrected chi connectivity index (χ4v) is 2.31. The Balaban J connectivity index is 2.33. The van der Waals surface area contributed by atoms with Gasteiger partial charge in [0.2, 0.25) is 0 Å². The highest BCUT2D eigenvalue weighted by molar-refractivity contribution is 7.13. The van der Waals surface area contributed by atoms with Gasteiger partial charge in [0, 0.05) is 12.1 Å². The number of thiophene rings is 1. The van der Waals surface area contributed by atoms with Crippen LogP contribution >= 0.6 is 11.3 Å². The van der Waals surface area contributed by atoms with Crippen LogP contribution in [0.15, 0.2) is 23.8 Å². The van der Waals surface area contributed by atoms with E-state index < -0.39 is 0 Å². The van der Waals surface area contributed by atoms with Crippen molar-refractivity contribution in [3.05, 3.63) is 29.4 Å². The first-order valence-corrected chi connectivity index (χ1v) is 6.30. The van der Waals surface area contributed by atoms with Crippen LogP contribution in [0.2, 0.25) is 0 Å². The van der Waals surface area contributed by atoms with E-state index in [9.17, 15) is 0 Å². The lowest BCUT2D eigenvalue weighted by Crippen LogP contribution is -2.05. The summed E-state index contributed by atoms with van der Waals surface area (Å²) >= 11 is 1.70. The van der Waals surface area contributed by atoms with Gasteiger partial charge in [0.05, 0.1) is 10.6 Å². The molecule has 2 aromatic rings. The quantitative estimate of drug-likeness (QED) is 0.880. The Morgan fingerprint density at radius 2 is 2.25 bits per heavy atom. The number of rotatable bonds is 4. The molecule has 4 heteroatoms. The van der Waals surface area contributed by atoms with E-state index >= 15 is 0 Å². The van der Waals surface area contributed by atoms with Crippen LogP contribution in [0.1, 0.15) is 18.9 Å². The van der Waals surface area contributed by atoms with Crippen molar-refractivity contribution in [1.29, 1.82) is 0 Å². The molecule has 3 nitrogen and oxygen atoms in total. The lowest BCUT2D eigenvalue weighted by atomic mass is 10.2. The van der Waals surface area contributed by atoms with E-state index in [-0.39, 0.29) is 0 Å². The molecule has 0 bridgehead atoms. The summed E-state index contributed by atoms with van der Waals surface area (Å²) < 4.78 is 0. The monoisotopic (exact) mass is 233 g/mol. The molecule has 2 rings (SSSR count). The fraction of sp³-hybridized carbons (Fsp3) is 0.333. The van der Waals surface area contributed by atoms with Gasteiger partial charge in [-0.25, -0.2) is 9.97 Å². The van der Waals surface area contributed by atoms with Gasteiger partial charge in [-0.15, -0.1) is 11.3 Å².